The van der Waals surface area contributed by atoms with E-state index in [2.05, 4.69) is 9.88 Å². The number of anilines is 1. The number of carboxylic acids is 1. The van der Waals surface area contributed by atoms with Gasteiger partial charge in [0.25, 0.3) is 0 Å². The van der Waals surface area contributed by atoms with Crippen LogP contribution in [0.1, 0.15) is 23.8 Å². The fourth-order valence-corrected chi connectivity index (χ4v) is 2.19. The number of aromatic carboxylic acids is 1. The Kier molecular flexibility index (Phi) is 7.07. The van der Waals surface area contributed by atoms with Gasteiger partial charge in [0.2, 0.25) is 0 Å². The molecule has 0 aromatic carbocycles. The molecule has 22 heavy (non-hydrogen) atoms. The number of hydrogen-bond acceptors (Lipinski definition) is 6. The highest BCUT2D eigenvalue weighted by molar-refractivity contribution is 5.85. The van der Waals surface area contributed by atoms with Crippen LogP contribution >= 0.6 is 12.4 Å². The van der Waals surface area contributed by atoms with E-state index in [1.807, 2.05) is 0 Å². The molecule has 0 aliphatic carbocycles. The summed E-state index contributed by atoms with van der Waals surface area (Å²) in [5, 5.41) is 8.81. The Morgan fingerprint density at radius 2 is 2.23 bits per heavy atom. The number of hydrogen-bond donors (Lipinski definition) is 1. The SMILES string of the molecule is CCOC(=O)CO[C@H]1CCN(c2ccc(C(=O)O)nc2)C1.Cl. The number of carbonyl (C=O) groups is 2. The smallest absolute Gasteiger partial charge is 0.354 e. The maximum Gasteiger partial charge on any atom is 0.354 e. The summed E-state index contributed by atoms with van der Waals surface area (Å²) in [5.74, 6) is -1.40. The highest BCUT2D eigenvalue weighted by atomic mass is 35.5. The predicted molar refractivity (Wildman–Crippen MR) is 81.6 cm³/mol. The van der Waals surface area contributed by atoms with E-state index in [1.54, 1.807) is 13.0 Å². The van der Waals surface area contributed by atoms with Gasteiger partial charge in [-0.1, -0.05) is 0 Å². The van der Waals surface area contributed by atoms with Gasteiger partial charge in [-0.05, 0) is 25.5 Å². The molecule has 7 nitrogen and oxygen atoms in total. The van der Waals surface area contributed by atoms with E-state index in [4.69, 9.17) is 14.6 Å². The van der Waals surface area contributed by atoms with Crippen LogP contribution in [0.15, 0.2) is 18.3 Å². The van der Waals surface area contributed by atoms with Crippen molar-refractivity contribution >= 4 is 30.0 Å². The average Bonchev–Trinajstić information content (AvgIpc) is 2.94. The van der Waals surface area contributed by atoms with Gasteiger partial charge in [-0.25, -0.2) is 14.6 Å². The monoisotopic (exact) mass is 330 g/mol. The molecular formula is C14H19ClN2O5. The second-order valence-electron chi connectivity index (χ2n) is 4.68. The molecule has 0 amide bonds. The Morgan fingerprint density at radius 1 is 1.45 bits per heavy atom. The summed E-state index contributed by atoms with van der Waals surface area (Å²) in [5.41, 5.74) is 0.871. The Balaban J connectivity index is 0.00000242. The molecule has 1 N–H and O–H groups in total. The highest BCUT2D eigenvalue weighted by Crippen LogP contribution is 2.21. The zero-order chi connectivity index (χ0) is 15.2. The molecule has 2 heterocycles. The van der Waals surface area contributed by atoms with Crippen molar-refractivity contribution in [1.82, 2.24) is 4.98 Å². The first-order valence-corrected chi connectivity index (χ1v) is 6.81. The maximum atomic E-state index is 11.2. The number of nitrogens with zero attached hydrogens (tertiary/aromatic N) is 2. The van der Waals surface area contributed by atoms with Crippen LogP contribution in [-0.4, -0.2) is 54.4 Å². The van der Waals surface area contributed by atoms with Gasteiger partial charge in [-0.3, -0.25) is 0 Å². The van der Waals surface area contributed by atoms with Gasteiger partial charge >= 0.3 is 11.9 Å². The van der Waals surface area contributed by atoms with E-state index in [1.165, 1.54) is 12.3 Å². The van der Waals surface area contributed by atoms with Gasteiger partial charge in [0.1, 0.15) is 12.3 Å². The minimum absolute atomic E-state index is 0. The molecule has 1 aromatic rings. The molecule has 1 aliphatic rings. The van der Waals surface area contributed by atoms with Crippen LogP contribution in [0.3, 0.4) is 0 Å². The van der Waals surface area contributed by atoms with Gasteiger partial charge < -0.3 is 19.5 Å². The summed E-state index contributed by atoms with van der Waals surface area (Å²) in [6.45, 7) is 3.49. The van der Waals surface area contributed by atoms with Crippen molar-refractivity contribution in [3.63, 3.8) is 0 Å². The van der Waals surface area contributed by atoms with Crippen LogP contribution in [-0.2, 0) is 14.3 Å². The molecule has 1 aliphatic heterocycles. The summed E-state index contributed by atoms with van der Waals surface area (Å²) in [6.07, 6.45) is 2.31. The van der Waals surface area contributed by atoms with Crippen LogP contribution < -0.4 is 4.90 Å². The van der Waals surface area contributed by atoms with Crippen LogP contribution in [0.2, 0.25) is 0 Å². The van der Waals surface area contributed by atoms with E-state index in [0.717, 1.165) is 18.7 Å². The minimum atomic E-state index is -1.04. The summed E-state index contributed by atoms with van der Waals surface area (Å²) >= 11 is 0. The molecule has 2 rings (SSSR count). The van der Waals surface area contributed by atoms with Gasteiger partial charge in [0.15, 0.2) is 0 Å². The van der Waals surface area contributed by atoms with Crippen LogP contribution in [0.5, 0.6) is 0 Å². The topological polar surface area (TPSA) is 89.0 Å². The van der Waals surface area contributed by atoms with Gasteiger partial charge in [0, 0.05) is 13.1 Å². The Bertz CT molecular complexity index is 508. The number of ether oxygens (including phenoxy) is 2. The number of aromatic nitrogens is 1. The average molecular weight is 331 g/mol. The standard InChI is InChI=1S/C14H18N2O5.ClH/c1-2-20-13(17)9-21-11-5-6-16(8-11)10-3-4-12(14(18)19)15-7-10;/h3-4,7,11H,2,5-6,8-9H2,1H3,(H,18,19);1H/t11-;/m0./s1. The maximum absolute atomic E-state index is 11.2. The molecule has 1 atom stereocenters. The first-order valence-electron chi connectivity index (χ1n) is 6.81. The molecule has 1 aromatic heterocycles. The number of pyridine rings is 1. The lowest BCUT2D eigenvalue weighted by molar-refractivity contribution is -0.150. The quantitative estimate of drug-likeness (QED) is 0.788. The fourth-order valence-electron chi connectivity index (χ4n) is 2.19. The molecule has 1 fully saturated rings. The zero-order valence-corrected chi connectivity index (χ0v) is 13.0. The molecule has 1 saturated heterocycles. The Hall–Kier alpha value is -1.86. The lowest BCUT2D eigenvalue weighted by atomic mass is 10.3. The van der Waals surface area contributed by atoms with E-state index in [0.29, 0.717) is 13.2 Å². The Labute approximate surface area is 134 Å². The highest BCUT2D eigenvalue weighted by Gasteiger charge is 2.24. The van der Waals surface area contributed by atoms with E-state index in [-0.39, 0.29) is 36.8 Å². The van der Waals surface area contributed by atoms with Gasteiger partial charge in [-0.2, -0.15) is 0 Å². The third-order valence-electron chi connectivity index (χ3n) is 3.22. The van der Waals surface area contributed by atoms with Crippen LogP contribution in [0, 0.1) is 0 Å². The van der Waals surface area contributed by atoms with Crippen LogP contribution in [0.25, 0.3) is 0 Å². The number of carbonyl (C=O) groups excluding carboxylic acids is 1. The van der Waals surface area contributed by atoms with Crippen molar-refractivity contribution in [2.24, 2.45) is 0 Å². The lowest BCUT2D eigenvalue weighted by Crippen LogP contribution is -2.25. The zero-order valence-electron chi connectivity index (χ0n) is 12.2. The molecule has 8 heteroatoms. The minimum Gasteiger partial charge on any atom is -0.477 e. The normalized spacial score (nSPS) is 17.0. The molecule has 0 spiro atoms. The summed E-state index contributed by atoms with van der Waals surface area (Å²) in [6, 6.07) is 3.20. The fraction of sp³-hybridized carbons (Fsp3) is 0.500. The van der Waals surface area contributed by atoms with E-state index >= 15 is 0 Å². The summed E-state index contributed by atoms with van der Waals surface area (Å²) in [7, 11) is 0. The summed E-state index contributed by atoms with van der Waals surface area (Å²) < 4.78 is 10.3. The van der Waals surface area contributed by atoms with Crippen molar-refractivity contribution in [2.45, 2.75) is 19.4 Å². The van der Waals surface area contributed by atoms with Gasteiger partial charge in [-0.15, -0.1) is 12.4 Å². The molecular weight excluding hydrogens is 312 g/mol. The predicted octanol–water partition coefficient (Wildman–Crippen LogP) is 1.36. The second kappa shape index (κ2) is 8.55. The molecule has 0 unspecified atom stereocenters. The van der Waals surface area contributed by atoms with E-state index < -0.39 is 5.97 Å². The van der Waals surface area contributed by atoms with E-state index in [9.17, 15) is 9.59 Å². The number of rotatable bonds is 6. The van der Waals surface area contributed by atoms with Crippen molar-refractivity contribution in [3.05, 3.63) is 24.0 Å². The van der Waals surface area contributed by atoms with Crippen molar-refractivity contribution < 1.29 is 24.2 Å². The molecule has 0 bridgehead atoms. The Morgan fingerprint density at radius 3 is 2.82 bits per heavy atom. The molecule has 122 valence electrons. The number of carboxylic acid groups (broad SMARTS) is 1. The summed E-state index contributed by atoms with van der Waals surface area (Å²) in [4.78, 5) is 27.9. The number of halogens is 1. The van der Waals surface area contributed by atoms with Gasteiger partial charge in [0.05, 0.1) is 24.6 Å². The largest absolute Gasteiger partial charge is 0.477 e. The third-order valence-corrected chi connectivity index (χ3v) is 3.22. The lowest BCUT2D eigenvalue weighted by Gasteiger charge is -2.18. The van der Waals surface area contributed by atoms with Crippen molar-refractivity contribution in [1.29, 1.82) is 0 Å². The first kappa shape index (κ1) is 18.2. The number of esters is 1. The molecule has 0 radical (unpaired) electrons. The first-order chi connectivity index (χ1) is 10.1. The van der Waals surface area contributed by atoms with Crippen LogP contribution in [0.4, 0.5) is 5.69 Å². The van der Waals surface area contributed by atoms with Crippen molar-refractivity contribution in [2.75, 3.05) is 31.2 Å². The van der Waals surface area contributed by atoms with Crippen molar-refractivity contribution in [3.8, 4) is 0 Å². The second-order valence-corrected chi connectivity index (χ2v) is 4.68. The third kappa shape index (κ3) is 4.85. The molecule has 0 saturated carbocycles.